The van der Waals surface area contributed by atoms with Crippen LogP contribution in [0, 0.1) is 15.9 Å². The Morgan fingerprint density at radius 2 is 1.94 bits per heavy atom. The lowest BCUT2D eigenvalue weighted by molar-refractivity contribution is -0.385. The molecular formula is C10H6ClFN2O4. The average molecular weight is 273 g/mol. The SMILES string of the molecule is O=C1NC(=O)C(c2cc(F)cc([N+](=O)[O-])c2)C1Cl. The van der Waals surface area contributed by atoms with E-state index in [1.54, 1.807) is 0 Å². The van der Waals surface area contributed by atoms with Gasteiger partial charge >= 0.3 is 0 Å². The molecule has 18 heavy (non-hydrogen) atoms. The van der Waals surface area contributed by atoms with E-state index in [-0.39, 0.29) is 5.56 Å². The zero-order valence-electron chi connectivity index (χ0n) is 8.72. The van der Waals surface area contributed by atoms with Gasteiger partial charge in [0, 0.05) is 6.07 Å². The van der Waals surface area contributed by atoms with Crippen molar-refractivity contribution in [3.63, 3.8) is 0 Å². The third kappa shape index (κ3) is 2.04. The number of carbonyl (C=O) groups is 2. The summed E-state index contributed by atoms with van der Waals surface area (Å²) in [6, 6.07) is 2.70. The molecule has 1 aliphatic rings. The maximum absolute atomic E-state index is 13.2. The largest absolute Gasteiger partial charge is 0.295 e. The molecule has 1 aliphatic heterocycles. The van der Waals surface area contributed by atoms with Gasteiger partial charge in [-0.05, 0) is 11.6 Å². The summed E-state index contributed by atoms with van der Waals surface area (Å²) in [5, 5.41) is 11.4. The molecule has 0 spiro atoms. The van der Waals surface area contributed by atoms with Crippen LogP contribution < -0.4 is 5.32 Å². The Balaban J connectivity index is 2.48. The van der Waals surface area contributed by atoms with Crippen molar-refractivity contribution in [1.82, 2.24) is 5.32 Å². The first-order chi connectivity index (χ1) is 8.40. The molecule has 1 fully saturated rings. The second-order valence-corrected chi connectivity index (χ2v) is 4.20. The van der Waals surface area contributed by atoms with E-state index in [1.165, 1.54) is 0 Å². The number of nitro benzene ring substituents is 1. The standard InChI is InChI=1S/C10H6ClFN2O4/c11-8-7(9(15)13-10(8)16)4-1-5(12)3-6(2-4)14(17)18/h1-3,7-8H,(H,13,15,16). The fourth-order valence-electron chi connectivity index (χ4n) is 1.75. The van der Waals surface area contributed by atoms with Gasteiger partial charge in [-0.15, -0.1) is 11.6 Å². The van der Waals surface area contributed by atoms with Crippen LogP contribution in [0.15, 0.2) is 18.2 Å². The average Bonchev–Trinajstić information content (AvgIpc) is 2.52. The van der Waals surface area contributed by atoms with Crippen LogP contribution in [-0.4, -0.2) is 22.1 Å². The Morgan fingerprint density at radius 3 is 2.44 bits per heavy atom. The Hall–Kier alpha value is -2.02. The quantitative estimate of drug-likeness (QED) is 0.377. The van der Waals surface area contributed by atoms with Crippen molar-refractivity contribution in [3.05, 3.63) is 39.7 Å². The van der Waals surface area contributed by atoms with Crippen molar-refractivity contribution < 1.29 is 18.9 Å². The number of non-ortho nitro benzene ring substituents is 1. The van der Waals surface area contributed by atoms with E-state index >= 15 is 0 Å². The van der Waals surface area contributed by atoms with Gasteiger partial charge in [-0.1, -0.05) is 0 Å². The van der Waals surface area contributed by atoms with Crippen LogP contribution in [0.5, 0.6) is 0 Å². The molecule has 8 heteroatoms. The van der Waals surface area contributed by atoms with Crippen LogP contribution in [0.25, 0.3) is 0 Å². The molecule has 2 unspecified atom stereocenters. The van der Waals surface area contributed by atoms with Gasteiger partial charge in [-0.25, -0.2) is 4.39 Å². The van der Waals surface area contributed by atoms with E-state index in [4.69, 9.17) is 11.6 Å². The summed E-state index contributed by atoms with van der Waals surface area (Å²) in [6.45, 7) is 0. The van der Waals surface area contributed by atoms with Crippen LogP contribution in [0.4, 0.5) is 10.1 Å². The Kier molecular flexibility index (Phi) is 3.00. The molecule has 0 saturated carbocycles. The minimum atomic E-state index is -1.20. The smallest absolute Gasteiger partial charge is 0.272 e. The molecule has 1 aromatic carbocycles. The van der Waals surface area contributed by atoms with E-state index in [0.29, 0.717) is 0 Å². The van der Waals surface area contributed by atoms with Crippen LogP contribution in [0.2, 0.25) is 0 Å². The molecule has 1 aromatic rings. The summed E-state index contributed by atoms with van der Waals surface area (Å²) >= 11 is 5.72. The van der Waals surface area contributed by atoms with Crippen LogP contribution in [0.1, 0.15) is 11.5 Å². The first-order valence-electron chi connectivity index (χ1n) is 4.84. The van der Waals surface area contributed by atoms with E-state index in [0.717, 1.165) is 18.2 Å². The highest BCUT2D eigenvalue weighted by molar-refractivity contribution is 6.37. The molecule has 0 aliphatic carbocycles. The monoisotopic (exact) mass is 272 g/mol. The maximum atomic E-state index is 13.2. The number of rotatable bonds is 2. The van der Waals surface area contributed by atoms with Crippen molar-refractivity contribution in [1.29, 1.82) is 0 Å². The normalized spacial score (nSPS) is 23.0. The molecule has 2 amide bonds. The van der Waals surface area contributed by atoms with Gasteiger partial charge in [-0.3, -0.25) is 25.0 Å². The molecule has 0 aromatic heterocycles. The molecule has 0 radical (unpaired) electrons. The van der Waals surface area contributed by atoms with Gasteiger partial charge in [0.05, 0.1) is 16.9 Å². The van der Waals surface area contributed by atoms with E-state index in [2.05, 4.69) is 0 Å². The number of nitro groups is 1. The first kappa shape index (κ1) is 12.4. The third-order valence-electron chi connectivity index (χ3n) is 2.55. The van der Waals surface area contributed by atoms with Crippen molar-refractivity contribution in [3.8, 4) is 0 Å². The molecule has 94 valence electrons. The third-order valence-corrected chi connectivity index (χ3v) is 3.00. The highest BCUT2D eigenvalue weighted by Crippen LogP contribution is 2.31. The van der Waals surface area contributed by atoms with Crippen LogP contribution in [-0.2, 0) is 9.59 Å². The zero-order chi connectivity index (χ0) is 13.4. The van der Waals surface area contributed by atoms with Gasteiger partial charge in [0.25, 0.3) is 5.69 Å². The summed E-state index contributed by atoms with van der Waals surface area (Å²) in [5.74, 6) is -3.37. The van der Waals surface area contributed by atoms with E-state index in [1.807, 2.05) is 5.32 Å². The molecular weight excluding hydrogens is 267 g/mol. The Bertz CT molecular complexity index is 563. The number of benzene rings is 1. The highest BCUT2D eigenvalue weighted by atomic mass is 35.5. The van der Waals surface area contributed by atoms with Gasteiger partial charge < -0.3 is 0 Å². The minimum Gasteiger partial charge on any atom is -0.295 e. The van der Waals surface area contributed by atoms with E-state index in [9.17, 15) is 24.1 Å². The Labute approximate surface area is 105 Å². The molecule has 0 bridgehead atoms. The number of nitrogens with one attached hydrogen (secondary N) is 1. The summed E-state index contributed by atoms with van der Waals surface area (Å²) in [7, 11) is 0. The van der Waals surface area contributed by atoms with Crippen molar-refractivity contribution >= 4 is 29.1 Å². The fraction of sp³-hybridized carbons (Fsp3) is 0.200. The lowest BCUT2D eigenvalue weighted by Crippen LogP contribution is -2.22. The molecule has 2 rings (SSSR count). The minimum absolute atomic E-state index is 0.00468. The maximum Gasteiger partial charge on any atom is 0.272 e. The number of hydrogen-bond donors (Lipinski definition) is 1. The number of nitrogens with zero attached hydrogens (tertiary/aromatic N) is 1. The molecule has 2 atom stereocenters. The van der Waals surface area contributed by atoms with Gasteiger partial charge in [0.1, 0.15) is 11.2 Å². The summed E-state index contributed by atoms with van der Waals surface area (Å²) in [6.07, 6.45) is 0. The van der Waals surface area contributed by atoms with Crippen molar-refractivity contribution in [2.24, 2.45) is 0 Å². The van der Waals surface area contributed by atoms with E-state index < -0.39 is 39.5 Å². The first-order valence-corrected chi connectivity index (χ1v) is 5.27. The molecule has 1 N–H and O–H groups in total. The molecule has 1 saturated heterocycles. The molecule has 1 heterocycles. The number of halogens is 2. The summed E-state index contributed by atoms with van der Waals surface area (Å²) in [4.78, 5) is 32.5. The number of carbonyl (C=O) groups excluding carboxylic acids is 2. The summed E-state index contributed by atoms with van der Waals surface area (Å²) < 4.78 is 13.2. The van der Waals surface area contributed by atoms with Gasteiger partial charge in [0.2, 0.25) is 11.8 Å². The fourth-order valence-corrected chi connectivity index (χ4v) is 2.07. The number of hydrogen-bond acceptors (Lipinski definition) is 4. The Morgan fingerprint density at radius 1 is 1.28 bits per heavy atom. The predicted molar refractivity (Wildman–Crippen MR) is 58.6 cm³/mol. The van der Waals surface area contributed by atoms with Crippen LogP contribution in [0.3, 0.4) is 0 Å². The lowest BCUT2D eigenvalue weighted by atomic mass is 9.96. The van der Waals surface area contributed by atoms with Gasteiger partial charge in [-0.2, -0.15) is 0 Å². The van der Waals surface area contributed by atoms with Crippen LogP contribution >= 0.6 is 11.6 Å². The molecule has 6 nitrogen and oxygen atoms in total. The topological polar surface area (TPSA) is 89.3 Å². The number of amides is 2. The van der Waals surface area contributed by atoms with Crippen molar-refractivity contribution in [2.75, 3.05) is 0 Å². The number of imide groups is 1. The summed E-state index contributed by atoms with van der Waals surface area (Å²) in [5.41, 5.74) is -0.494. The lowest BCUT2D eigenvalue weighted by Gasteiger charge is -2.09. The highest BCUT2D eigenvalue weighted by Gasteiger charge is 2.42. The van der Waals surface area contributed by atoms with Crippen molar-refractivity contribution in [2.45, 2.75) is 11.3 Å². The van der Waals surface area contributed by atoms with Gasteiger partial charge in [0.15, 0.2) is 0 Å². The second-order valence-electron chi connectivity index (χ2n) is 3.73. The predicted octanol–water partition coefficient (Wildman–Crippen LogP) is 1.08. The number of alkyl halides is 1. The zero-order valence-corrected chi connectivity index (χ0v) is 9.48. The second kappa shape index (κ2) is 4.34.